The van der Waals surface area contributed by atoms with Crippen molar-refractivity contribution in [3.8, 4) is 5.75 Å². The summed E-state index contributed by atoms with van der Waals surface area (Å²) < 4.78 is 5.72. The minimum Gasteiger partial charge on any atom is -0.493 e. The van der Waals surface area contributed by atoms with Crippen LogP contribution in [-0.4, -0.2) is 12.6 Å². The van der Waals surface area contributed by atoms with Gasteiger partial charge in [0.2, 0.25) is 0 Å². The zero-order valence-corrected chi connectivity index (χ0v) is 11.1. The maximum Gasteiger partial charge on any atom is 0.121 e. The molecular weight excluding hydrogens is 210 g/mol. The van der Waals surface area contributed by atoms with Crippen LogP contribution >= 0.6 is 0 Å². The first kappa shape index (κ1) is 12.3. The summed E-state index contributed by atoms with van der Waals surface area (Å²) in [4.78, 5) is 0. The fraction of sp³-hybridized carbons (Fsp3) is 0.600. The van der Waals surface area contributed by atoms with Gasteiger partial charge in [0.1, 0.15) is 5.75 Å². The van der Waals surface area contributed by atoms with Gasteiger partial charge in [0, 0.05) is 17.8 Å². The van der Waals surface area contributed by atoms with Gasteiger partial charge in [-0.2, -0.15) is 0 Å². The van der Waals surface area contributed by atoms with E-state index in [2.05, 4.69) is 44.3 Å². The minimum atomic E-state index is 0.569. The van der Waals surface area contributed by atoms with Crippen molar-refractivity contribution in [2.24, 2.45) is 11.8 Å². The Bertz CT molecular complexity index is 356. The molecule has 0 radical (unpaired) electrons. The number of rotatable bonds is 5. The Morgan fingerprint density at radius 2 is 2.12 bits per heavy atom. The molecule has 0 saturated heterocycles. The predicted octanol–water partition coefficient (Wildman–Crippen LogP) is 3.93. The van der Waals surface area contributed by atoms with Crippen molar-refractivity contribution < 1.29 is 4.74 Å². The molecule has 1 aliphatic rings. The second-order valence-electron chi connectivity index (χ2n) is 5.65. The van der Waals surface area contributed by atoms with E-state index in [0.717, 1.165) is 18.3 Å². The highest BCUT2D eigenvalue weighted by molar-refractivity contribution is 5.49. The smallest absolute Gasteiger partial charge is 0.121 e. The molecule has 94 valence electrons. The molecule has 2 heteroatoms. The number of benzene rings is 1. The maximum atomic E-state index is 5.72. The summed E-state index contributed by atoms with van der Waals surface area (Å²) in [6, 6.07) is 8.96. The molecule has 0 unspecified atom stereocenters. The van der Waals surface area contributed by atoms with Crippen LogP contribution in [0, 0.1) is 11.8 Å². The fourth-order valence-corrected chi connectivity index (χ4v) is 2.19. The van der Waals surface area contributed by atoms with Gasteiger partial charge in [0.25, 0.3) is 0 Å². The van der Waals surface area contributed by atoms with Crippen molar-refractivity contribution in [2.45, 2.75) is 39.7 Å². The highest BCUT2D eigenvalue weighted by Crippen LogP contribution is 2.30. The quantitative estimate of drug-likeness (QED) is 0.832. The third-order valence-electron chi connectivity index (χ3n) is 3.16. The third kappa shape index (κ3) is 3.65. The molecule has 0 aliphatic heterocycles. The molecule has 2 rings (SSSR count). The average molecular weight is 233 g/mol. The van der Waals surface area contributed by atoms with E-state index in [1.54, 1.807) is 0 Å². The molecule has 0 bridgehead atoms. The van der Waals surface area contributed by atoms with E-state index in [-0.39, 0.29) is 0 Å². The third-order valence-corrected chi connectivity index (χ3v) is 3.16. The summed E-state index contributed by atoms with van der Waals surface area (Å²) in [5.41, 5.74) is 1.18. The topological polar surface area (TPSA) is 21.3 Å². The van der Waals surface area contributed by atoms with E-state index in [1.807, 2.05) is 6.07 Å². The molecule has 0 aromatic heterocycles. The average Bonchev–Trinajstić information content (AvgIpc) is 2.25. The first-order valence-electron chi connectivity index (χ1n) is 6.63. The van der Waals surface area contributed by atoms with Crippen molar-refractivity contribution in [1.29, 1.82) is 0 Å². The fourth-order valence-electron chi connectivity index (χ4n) is 2.19. The molecule has 0 amide bonds. The second kappa shape index (κ2) is 5.44. The Hall–Kier alpha value is -1.18. The van der Waals surface area contributed by atoms with Gasteiger partial charge in [0.15, 0.2) is 0 Å². The van der Waals surface area contributed by atoms with E-state index in [4.69, 9.17) is 4.74 Å². The lowest BCUT2D eigenvalue weighted by Crippen LogP contribution is -2.33. The lowest BCUT2D eigenvalue weighted by atomic mass is 9.82. The Labute approximate surface area is 104 Å². The lowest BCUT2D eigenvalue weighted by Gasteiger charge is -2.34. The van der Waals surface area contributed by atoms with Gasteiger partial charge in [-0.1, -0.05) is 26.8 Å². The number of hydrogen-bond donors (Lipinski definition) is 1. The van der Waals surface area contributed by atoms with Crippen LogP contribution in [0.25, 0.3) is 0 Å². The number of hydrogen-bond acceptors (Lipinski definition) is 2. The summed E-state index contributed by atoms with van der Waals surface area (Å²) in [7, 11) is 0. The zero-order valence-electron chi connectivity index (χ0n) is 11.1. The van der Waals surface area contributed by atoms with Gasteiger partial charge in [-0.25, -0.2) is 0 Å². The van der Waals surface area contributed by atoms with Crippen LogP contribution in [0.2, 0.25) is 0 Å². The summed E-state index contributed by atoms with van der Waals surface area (Å²) in [6.07, 6.45) is 2.58. The van der Waals surface area contributed by atoms with Crippen LogP contribution in [0.5, 0.6) is 5.75 Å². The molecule has 1 saturated carbocycles. The summed E-state index contributed by atoms with van der Waals surface area (Å²) in [5.74, 6) is 2.42. The molecule has 1 aliphatic carbocycles. The van der Waals surface area contributed by atoms with Crippen molar-refractivity contribution >= 4 is 5.69 Å². The molecule has 0 atom stereocenters. The molecule has 0 spiro atoms. The molecule has 1 N–H and O–H groups in total. The molecule has 1 aromatic rings. The maximum absolute atomic E-state index is 5.72. The van der Waals surface area contributed by atoms with Gasteiger partial charge in [-0.15, -0.1) is 0 Å². The zero-order chi connectivity index (χ0) is 12.3. The van der Waals surface area contributed by atoms with Gasteiger partial charge in [-0.3, -0.25) is 0 Å². The Balaban J connectivity index is 1.87. The van der Waals surface area contributed by atoms with Crippen LogP contribution in [0.3, 0.4) is 0 Å². The van der Waals surface area contributed by atoms with Gasteiger partial charge in [-0.05, 0) is 36.8 Å². The van der Waals surface area contributed by atoms with Crippen molar-refractivity contribution in [3.63, 3.8) is 0 Å². The second-order valence-corrected chi connectivity index (χ2v) is 5.65. The van der Waals surface area contributed by atoms with Crippen LogP contribution in [0.1, 0.15) is 33.6 Å². The number of nitrogens with one attached hydrogen (secondary N) is 1. The Kier molecular flexibility index (Phi) is 3.93. The largest absolute Gasteiger partial charge is 0.493 e. The molecule has 1 fully saturated rings. The Morgan fingerprint density at radius 3 is 2.76 bits per heavy atom. The van der Waals surface area contributed by atoms with E-state index in [0.29, 0.717) is 12.0 Å². The highest BCUT2D eigenvalue weighted by atomic mass is 16.5. The molecule has 1 aromatic carbocycles. The minimum absolute atomic E-state index is 0.569. The summed E-state index contributed by atoms with van der Waals surface area (Å²) in [5, 5.41) is 3.56. The van der Waals surface area contributed by atoms with Crippen molar-refractivity contribution in [2.75, 3.05) is 11.9 Å². The lowest BCUT2D eigenvalue weighted by molar-refractivity contribution is 0.271. The van der Waals surface area contributed by atoms with Gasteiger partial charge < -0.3 is 10.1 Å². The summed E-state index contributed by atoms with van der Waals surface area (Å²) in [6.45, 7) is 7.42. The SMILES string of the molecule is CC(C)COc1cccc(NC2CC(C)C2)c1. The van der Waals surface area contributed by atoms with Crippen molar-refractivity contribution in [3.05, 3.63) is 24.3 Å². The van der Waals surface area contributed by atoms with E-state index in [9.17, 15) is 0 Å². The molecule has 2 nitrogen and oxygen atoms in total. The van der Waals surface area contributed by atoms with Crippen LogP contribution in [0.15, 0.2) is 24.3 Å². The molecular formula is C15H23NO. The monoisotopic (exact) mass is 233 g/mol. The standard InChI is InChI=1S/C15H23NO/c1-11(2)10-17-15-6-4-5-13(9-15)16-14-7-12(3)8-14/h4-6,9,11-12,14,16H,7-8,10H2,1-3H3. The first-order chi connectivity index (χ1) is 8.13. The highest BCUT2D eigenvalue weighted by Gasteiger charge is 2.24. The number of ether oxygens (including phenoxy) is 1. The van der Waals surface area contributed by atoms with Crippen LogP contribution in [-0.2, 0) is 0 Å². The first-order valence-corrected chi connectivity index (χ1v) is 6.63. The summed E-state index contributed by atoms with van der Waals surface area (Å²) >= 11 is 0. The van der Waals surface area contributed by atoms with Crippen LogP contribution in [0.4, 0.5) is 5.69 Å². The molecule has 0 heterocycles. The van der Waals surface area contributed by atoms with Crippen LogP contribution < -0.4 is 10.1 Å². The normalized spacial score (nSPS) is 23.3. The predicted molar refractivity (Wildman–Crippen MR) is 72.6 cm³/mol. The van der Waals surface area contributed by atoms with Crippen molar-refractivity contribution in [1.82, 2.24) is 0 Å². The Morgan fingerprint density at radius 1 is 1.35 bits per heavy atom. The van der Waals surface area contributed by atoms with E-state index in [1.165, 1.54) is 18.5 Å². The number of anilines is 1. The van der Waals surface area contributed by atoms with Gasteiger partial charge >= 0.3 is 0 Å². The van der Waals surface area contributed by atoms with E-state index >= 15 is 0 Å². The molecule has 17 heavy (non-hydrogen) atoms. The van der Waals surface area contributed by atoms with E-state index < -0.39 is 0 Å². The van der Waals surface area contributed by atoms with Gasteiger partial charge in [0.05, 0.1) is 6.61 Å².